The predicted octanol–water partition coefficient (Wildman–Crippen LogP) is 3.46. The van der Waals surface area contributed by atoms with Crippen molar-refractivity contribution >= 4 is 34.0 Å². The first kappa shape index (κ1) is 29.4. The van der Waals surface area contributed by atoms with Gasteiger partial charge >= 0.3 is 0 Å². The molecule has 6 N–H and O–H groups in total. The molecule has 0 aliphatic carbocycles. The Morgan fingerprint density at radius 1 is 1.21 bits per heavy atom. The van der Waals surface area contributed by atoms with Crippen LogP contribution < -0.4 is 26.2 Å². The van der Waals surface area contributed by atoms with Crippen LogP contribution in [0.1, 0.15) is 26.3 Å². The van der Waals surface area contributed by atoms with E-state index in [1.54, 1.807) is 12.1 Å². The Morgan fingerprint density at radius 3 is 2.42 bits per heavy atom. The molecule has 206 valence electrons. The van der Waals surface area contributed by atoms with Gasteiger partial charge in [0, 0.05) is 49.7 Å². The summed E-state index contributed by atoms with van der Waals surface area (Å²) in [5.74, 6) is -2.60. The molecule has 0 aromatic heterocycles. The summed E-state index contributed by atoms with van der Waals surface area (Å²) in [5.41, 5.74) is 10.6. The van der Waals surface area contributed by atoms with E-state index in [1.807, 2.05) is 19.1 Å². The summed E-state index contributed by atoms with van der Waals surface area (Å²) in [5, 5.41) is 5.49. The van der Waals surface area contributed by atoms with Gasteiger partial charge in [-0.1, -0.05) is 17.6 Å². The molecule has 1 amide bonds. The summed E-state index contributed by atoms with van der Waals surface area (Å²) in [7, 11) is -0.271. The van der Waals surface area contributed by atoms with Crippen molar-refractivity contribution in [3.05, 3.63) is 59.2 Å². The molecule has 1 fully saturated rings. The molecule has 1 aliphatic rings. The second-order valence-corrected chi connectivity index (χ2v) is 11.0. The smallest absolute Gasteiger partial charge is 0.275 e. The highest BCUT2D eigenvalue weighted by Crippen LogP contribution is 2.31. The number of nitrogens with two attached hydrogens (primary N) is 2. The number of benzene rings is 2. The molecule has 38 heavy (non-hydrogen) atoms. The maximum atomic E-state index is 14.7. The zero-order chi connectivity index (χ0) is 27.7. The number of rotatable bonds is 10. The van der Waals surface area contributed by atoms with Gasteiger partial charge in [0.05, 0.1) is 0 Å². The zero-order valence-corrected chi connectivity index (χ0v) is 22.8. The van der Waals surface area contributed by atoms with Crippen LogP contribution in [0.25, 0.3) is 6.08 Å². The van der Waals surface area contributed by atoms with Gasteiger partial charge in [-0.2, -0.15) is 4.99 Å². The fraction of sp³-hybridized carbons (Fsp3) is 0.370. The largest absolute Gasteiger partial charge is 0.451 e. The molecule has 1 saturated heterocycles. The summed E-state index contributed by atoms with van der Waals surface area (Å²) >= 11 is 0. The molecule has 2 atom stereocenters. The quantitative estimate of drug-likeness (QED) is 0.156. The predicted molar refractivity (Wildman–Crippen MR) is 151 cm³/mol. The molecule has 1 heterocycles. The maximum absolute atomic E-state index is 14.7. The number of carbonyl (C=O) groups is 1. The maximum Gasteiger partial charge on any atom is 0.275 e. The molecule has 0 bridgehead atoms. The second-order valence-electron chi connectivity index (χ2n) is 9.13. The number of hydrogen-bond donors (Lipinski definition) is 4. The average Bonchev–Trinajstić information content (AvgIpc) is 2.87. The van der Waals surface area contributed by atoms with E-state index < -0.39 is 29.3 Å². The Balaban J connectivity index is 1.63. The third kappa shape index (κ3) is 8.73. The number of nitrogens with one attached hydrogen (secondary N) is 2. The van der Waals surface area contributed by atoms with Gasteiger partial charge in [0.25, 0.3) is 5.91 Å². The Labute approximate surface area is 225 Å². The van der Waals surface area contributed by atoms with Gasteiger partial charge in [0.1, 0.15) is 5.75 Å². The fourth-order valence-electron chi connectivity index (χ4n) is 3.98. The molecule has 1 aliphatic heterocycles. The first-order valence-corrected chi connectivity index (χ1v) is 13.7. The summed E-state index contributed by atoms with van der Waals surface area (Å²) in [6, 6.07) is 9.31. The van der Waals surface area contributed by atoms with Crippen molar-refractivity contribution in [2.75, 3.05) is 39.3 Å². The summed E-state index contributed by atoms with van der Waals surface area (Å²) < 4.78 is 38.5. The van der Waals surface area contributed by atoms with Crippen molar-refractivity contribution in [2.45, 2.75) is 25.7 Å². The zero-order valence-electron chi connectivity index (χ0n) is 22.0. The van der Waals surface area contributed by atoms with Crippen LogP contribution in [0, 0.1) is 17.6 Å². The SMILES string of the molecule is C/C=S(/NCC(C)CN1CCNCC1)c1ccc(Oc2c(F)cc(/C=C(\C)C(=O)N=C(N)N)cc2F)cc1. The lowest BCUT2D eigenvalue weighted by molar-refractivity contribution is -0.114. The highest BCUT2D eigenvalue weighted by atomic mass is 32.2. The van der Waals surface area contributed by atoms with Crippen molar-refractivity contribution < 1.29 is 18.3 Å². The number of carbonyl (C=O) groups excluding carboxylic acids is 1. The van der Waals surface area contributed by atoms with Crippen LogP contribution in [0.2, 0.25) is 0 Å². The van der Waals surface area contributed by atoms with Crippen LogP contribution >= 0.6 is 10.7 Å². The highest BCUT2D eigenvalue weighted by molar-refractivity contribution is 8.13. The van der Waals surface area contributed by atoms with Crippen LogP contribution in [0.4, 0.5) is 8.78 Å². The first-order valence-electron chi connectivity index (χ1n) is 12.4. The first-order chi connectivity index (χ1) is 18.2. The second kappa shape index (κ2) is 14.1. The Kier molecular flexibility index (Phi) is 11.0. The number of hydrogen-bond acceptors (Lipinski definition) is 5. The number of halogens is 2. The summed E-state index contributed by atoms with van der Waals surface area (Å²) in [4.78, 5) is 18.8. The van der Waals surface area contributed by atoms with Crippen LogP contribution in [-0.2, 0) is 4.79 Å². The summed E-state index contributed by atoms with van der Waals surface area (Å²) in [6.07, 6.45) is 1.29. The van der Waals surface area contributed by atoms with E-state index in [9.17, 15) is 13.6 Å². The molecule has 2 unspecified atom stereocenters. The van der Waals surface area contributed by atoms with Gasteiger partial charge < -0.3 is 26.4 Å². The van der Waals surface area contributed by atoms with Crippen molar-refractivity contribution in [2.24, 2.45) is 22.4 Å². The Hall–Kier alpha value is -3.12. The average molecular weight is 547 g/mol. The third-order valence-electron chi connectivity index (χ3n) is 5.87. The van der Waals surface area contributed by atoms with Crippen LogP contribution in [0.3, 0.4) is 0 Å². The molecule has 11 heteroatoms. The van der Waals surface area contributed by atoms with Crippen LogP contribution in [-0.4, -0.2) is 61.4 Å². The van der Waals surface area contributed by atoms with E-state index >= 15 is 0 Å². The minimum Gasteiger partial charge on any atom is -0.451 e. The number of guanidine groups is 1. The van der Waals surface area contributed by atoms with E-state index in [-0.39, 0.29) is 21.8 Å². The topological polar surface area (TPSA) is 118 Å². The van der Waals surface area contributed by atoms with E-state index in [2.05, 4.69) is 32.2 Å². The number of aliphatic imine (C=N–C) groups is 1. The lowest BCUT2D eigenvalue weighted by Gasteiger charge is -2.30. The number of piperazine rings is 1. The van der Waals surface area contributed by atoms with E-state index in [4.69, 9.17) is 16.2 Å². The molecule has 2 aromatic rings. The summed E-state index contributed by atoms with van der Waals surface area (Å²) in [6.45, 7) is 11.9. The molecule has 0 spiro atoms. The van der Waals surface area contributed by atoms with Gasteiger partial charge in [-0.05, 0) is 73.2 Å². The highest BCUT2D eigenvalue weighted by Gasteiger charge is 2.16. The van der Waals surface area contributed by atoms with E-state index in [1.165, 1.54) is 13.0 Å². The van der Waals surface area contributed by atoms with Gasteiger partial charge in [-0.15, -0.1) is 0 Å². The van der Waals surface area contributed by atoms with Gasteiger partial charge in [0.15, 0.2) is 23.3 Å². The van der Waals surface area contributed by atoms with Crippen LogP contribution in [0.15, 0.2) is 51.9 Å². The monoisotopic (exact) mass is 546 g/mol. The normalized spacial score (nSPS) is 16.2. The van der Waals surface area contributed by atoms with E-state index in [0.717, 1.165) is 56.3 Å². The molecule has 0 radical (unpaired) electrons. The lowest BCUT2D eigenvalue weighted by Crippen LogP contribution is -2.45. The molecule has 3 rings (SSSR count). The van der Waals surface area contributed by atoms with E-state index in [0.29, 0.717) is 11.7 Å². The molecule has 8 nitrogen and oxygen atoms in total. The Bertz CT molecular complexity index is 1180. The number of nitrogens with zero attached hydrogens (tertiary/aromatic N) is 2. The number of amides is 1. The van der Waals surface area contributed by atoms with Gasteiger partial charge in [-0.25, -0.2) is 8.78 Å². The minimum atomic E-state index is -0.899. The number of ether oxygens (including phenoxy) is 1. The van der Waals surface area contributed by atoms with Crippen molar-refractivity contribution in [1.29, 1.82) is 0 Å². The molecule has 0 saturated carbocycles. The Morgan fingerprint density at radius 2 is 1.84 bits per heavy atom. The van der Waals surface area contributed by atoms with Crippen molar-refractivity contribution in [1.82, 2.24) is 14.9 Å². The van der Waals surface area contributed by atoms with Crippen molar-refractivity contribution in [3.63, 3.8) is 0 Å². The molecule has 2 aromatic carbocycles. The van der Waals surface area contributed by atoms with Crippen LogP contribution in [0.5, 0.6) is 11.5 Å². The fourth-order valence-corrected chi connectivity index (χ4v) is 5.48. The molecular weight excluding hydrogens is 510 g/mol. The minimum absolute atomic E-state index is 0.122. The van der Waals surface area contributed by atoms with Crippen molar-refractivity contribution in [3.8, 4) is 11.5 Å². The standard InChI is InChI=1S/C27H36F2N6O2S/c1-4-38(33-16-18(2)17-35-11-9-32-10-12-35)22-7-5-21(6-8-22)37-25-23(28)14-20(15-24(25)29)13-19(3)26(36)34-27(30)31/h4-8,13-15,18,32-33H,9-12,16-17H2,1-3H3,(H4,30,31,34,36)/b19-13+. The van der Waals surface area contributed by atoms with Gasteiger partial charge in [-0.3, -0.25) is 9.52 Å². The lowest BCUT2D eigenvalue weighted by atomic mass is 10.1. The van der Waals surface area contributed by atoms with Gasteiger partial charge in [0.2, 0.25) is 0 Å². The molecular formula is C27H36F2N6O2S. The third-order valence-corrected chi connectivity index (χ3v) is 7.60.